The molecule has 10 heteroatoms. The lowest BCUT2D eigenvalue weighted by atomic mass is 10.1. The average Bonchev–Trinajstić information content (AvgIpc) is 3.41. The van der Waals surface area contributed by atoms with Crippen LogP contribution in [0.3, 0.4) is 0 Å². The van der Waals surface area contributed by atoms with Crippen molar-refractivity contribution in [2.24, 2.45) is 0 Å². The van der Waals surface area contributed by atoms with Crippen LogP contribution in [0.15, 0.2) is 106 Å². The van der Waals surface area contributed by atoms with Gasteiger partial charge in [-0.1, -0.05) is 55.0 Å². The van der Waals surface area contributed by atoms with E-state index in [1.54, 1.807) is 53.3 Å². The molecule has 0 bridgehead atoms. The zero-order valence-electron chi connectivity index (χ0n) is 21.0. The number of hydrogen-bond acceptors (Lipinski definition) is 6. The van der Waals surface area contributed by atoms with Gasteiger partial charge in [-0.25, -0.2) is 21.5 Å². The molecule has 0 unspecified atom stereocenters. The van der Waals surface area contributed by atoms with Crippen LogP contribution in [0.25, 0.3) is 23.0 Å². The number of benzene rings is 3. The Hall–Kier alpha value is -4.04. The number of rotatable bonds is 7. The third-order valence-electron chi connectivity index (χ3n) is 6.56. The molecule has 0 spiro atoms. The van der Waals surface area contributed by atoms with Crippen LogP contribution in [-0.2, 0) is 19.9 Å². The minimum Gasteiger partial charge on any atom is -0.240 e. The summed E-state index contributed by atoms with van der Waals surface area (Å²) in [5, 5.41) is 14.5. The van der Waals surface area contributed by atoms with E-state index in [1.807, 2.05) is 36.4 Å². The summed E-state index contributed by atoms with van der Waals surface area (Å²) in [5.74, 6) is 0. The molecule has 1 aromatic heterocycles. The topological polar surface area (TPSA) is 113 Å². The highest BCUT2D eigenvalue weighted by atomic mass is 32.2. The van der Waals surface area contributed by atoms with E-state index in [2.05, 4.69) is 5.10 Å². The Morgan fingerprint density at radius 1 is 0.821 bits per heavy atom. The van der Waals surface area contributed by atoms with Crippen molar-refractivity contribution in [2.45, 2.75) is 29.1 Å². The first-order valence-corrected chi connectivity index (χ1v) is 15.4. The van der Waals surface area contributed by atoms with Crippen molar-refractivity contribution in [2.75, 3.05) is 13.1 Å². The van der Waals surface area contributed by atoms with Crippen LogP contribution in [-0.4, -0.2) is 44.0 Å². The molecule has 0 aliphatic carbocycles. The van der Waals surface area contributed by atoms with E-state index >= 15 is 0 Å². The summed E-state index contributed by atoms with van der Waals surface area (Å²) >= 11 is 0. The minimum atomic E-state index is -4.09. The van der Waals surface area contributed by atoms with Gasteiger partial charge in [0.2, 0.25) is 19.9 Å². The second kappa shape index (κ2) is 11.0. The van der Waals surface area contributed by atoms with Gasteiger partial charge in [-0.3, -0.25) is 0 Å². The van der Waals surface area contributed by atoms with Gasteiger partial charge >= 0.3 is 0 Å². The maximum absolute atomic E-state index is 13.4. The lowest BCUT2D eigenvalue weighted by Crippen LogP contribution is -2.35. The van der Waals surface area contributed by atoms with Crippen molar-refractivity contribution >= 4 is 25.9 Å². The van der Waals surface area contributed by atoms with Gasteiger partial charge in [0.15, 0.2) is 0 Å². The fraction of sp³-hybridized carbons (Fsp3) is 0.172. The highest BCUT2D eigenvalue weighted by molar-refractivity contribution is 7.95. The zero-order chi connectivity index (χ0) is 27.5. The van der Waals surface area contributed by atoms with Gasteiger partial charge in [0.25, 0.3) is 0 Å². The lowest BCUT2D eigenvalue weighted by Gasteiger charge is -2.26. The van der Waals surface area contributed by atoms with Crippen molar-refractivity contribution < 1.29 is 16.8 Å². The van der Waals surface area contributed by atoms with Crippen molar-refractivity contribution in [1.29, 1.82) is 5.26 Å². The normalized spacial score (nSPS) is 15.1. The molecule has 1 fully saturated rings. The predicted octanol–water partition coefficient (Wildman–Crippen LogP) is 5.05. The summed E-state index contributed by atoms with van der Waals surface area (Å²) in [6.07, 6.45) is 5.57. The largest absolute Gasteiger partial charge is 0.243 e. The molecular formula is C29H26N4O4S2. The zero-order valence-corrected chi connectivity index (χ0v) is 22.6. The molecular weight excluding hydrogens is 532 g/mol. The van der Waals surface area contributed by atoms with E-state index in [0.717, 1.165) is 24.9 Å². The minimum absolute atomic E-state index is 0.00410. The summed E-state index contributed by atoms with van der Waals surface area (Å²) in [7, 11) is -7.79. The maximum Gasteiger partial charge on any atom is 0.243 e. The summed E-state index contributed by atoms with van der Waals surface area (Å²) in [6.45, 7) is 0.956. The molecule has 0 radical (unpaired) electrons. The fourth-order valence-electron chi connectivity index (χ4n) is 4.53. The highest BCUT2D eigenvalue weighted by Gasteiger charge is 2.27. The number of aromatic nitrogens is 2. The van der Waals surface area contributed by atoms with Crippen LogP contribution < -0.4 is 0 Å². The molecule has 2 heterocycles. The number of piperidine rings is 1. The van der Waals surface area contributed by atoms with Gasteiger partial charge in [0.05, 0.1) is 15.5 Å². The molecule has 0 N–H and O–H groups in total. The Bertz CT molecular complexity index is 1770. The third-order valence-corrected chi connectivity index (χ3v) is 10.1. The molecule has 1 aliphatic heterocycles. The Morgan fingerprint density at radius 2 is 1.46 bits per heavy atom. The van der Waals surface area contributed by atoms with Gasteiger partial charge < -0.3 is 0 Å². The number of allylic oxidation sites excluding steroid dienone is 1. The monoisotopic (exact) mass is 558 g/mol. The van der Waals surface area contributed by atoms with Gasteiger partial charge in [-0.15, -0.1) is 0 Å². The van der Waals surface area contributed by atoms with Crippen LogP contribution in [0.5, 0.6) is 0 Å². The number of para-hydroxylation sites is 1. The van der Waals surface area contributed by atoms with Crippen molar-refractivity contribution in [3.8, 4) is 23.0 Å². The number of nitriles is 1. The maximum atomic E-state index is 13.4. The standard InChI is InChI=1S/C29H26N4O4S2/c30-21-28(38(34,35)26-14-6-2-7-15-26)20-24-22-33(25-12-4-1-5-13-25)31-29(24)23-11-10-16-27(19-23)39(36,37)32-17-8-3-9-18-32/h1-2,4-7,10-16,19-20,22H,3,8-9,17-18H2. The summed E-state index contributed by atoms with van der Waals surface area (Å²) in [4.78, 5) is -0.299. The Labute approximate surface area is 228 Å². The van der Waals surface area contributed by atoms with Crippen LogP contribution in [0.4, 0.5) is 0 Å². The predicted molar refractivity (Wildman–Crippen MR) is 149 cm³/mol. The summed E-state index contributed by atoms with van der Waals surface area (Å²) < 4.78 is 56.3. The second-order valence-corrected chi connectivity index (χ2v) is 13.0. The van der Waals surface area contributed by atoms with E-state index in [0.29, 0.717) is 29.9 Å². The fourth-order valence-corrected chi connectivity index (χ4v) is 7.26. The van der Waals surface area contributed by atoms with Gasteiger partial charge in [0.1, 0.15) is 16.7 Å². The molecule has 5 rings (SSSR count). The number of sulfone groups is 1. The van der Waals surface area contributed by atoms with Crippen LogP contribution in [0.1, 0.15) is 24.8 Å². The van der Waals surface area contributed by atoms with E-state index < -0.39 is 24.8 Å². The number of hydrogen-bond donors (Lipinski definition) is 0. The van der Waals surface area contributed by atoms with Crippen LogP contribution >= 0.6 is 0 Å². The van der Waals surface area contributed by atoms with E-state index in [9.17, 15) is 22.1 Å². The highest BCUT2D eigenvalue weighted by Crippen LogP contribution is 2.31. The second-order valence-electron chi connectivity index (χ2n) is 9.14. The molecule has 0 saturated carbocycles. The van der Waals surface area contributed by atoms with Crippen molar-refractivity contribution in [1.82, 2.24) is 14.1 Å². The molecule has 8 nitrogen and oxygen atoms in total. The molecule has 0 atom stereocenters. The molecule has 0 amide bonds. The Morgan fingerprint density at radius 3 is 2.13 bits per heavy atom. The Kier molecular flexibility index (Phi) is 7.48. The molecule has 3 aromatic carbocycles. The quantitative estimate of drug-likeness (QED) is 0.293. The van der Waals surface area contributed by atoms with E-state index in [4.69, 9.17) is 0 Å². The molecule has 1 saturated heterocycles. The van der Waals surface area contributed by atoms with Gasteiger partial charge in [0, 0.05) is 30.4 Å². The lowest BCUT2D eigenvalue weighted by molar-refractivity contribution is 0.346. The van der Waals surface area contributed by atoms with Crippen LogP contribution in [0, 0.1) is 11.3 Å². The van der Waals surface area contributed by atoms with Crippen LogP contribution in [0.2, 0.25) is 0 Å². The summed E-state index contributed by atoms with van der Waals surface area (Å²) in [6, 6.07) is 25.3. The average molecular weight is 559 g/mol. The first kappa shape index (κ1) is 26.6. The van der Waals surface area contributed by atoms with E-state index in [1.165, 1.54) is 22.5 Å². The molecule has 198 valence electrons. The molecule has 39 heavy (non-hydrogen) atoms. The number of sulfonamides is 1. The summed E-state index contributed by atoms with van der Waals surface area (Å²) in [5.41, 5.74) is 1.93. The SMILES string of the molecule is N#CC(=Cc1cn(-c2ccccc2)nc1-c1cccc(S(=O)(=O)N2CCCCC2)c1)S(=O)(=O)c1ccccc1. The first-order valence-electron chi connectivity index (χ1n) is 12.5. The third kappa shape index (κ3) is 5.43. The van der Waals surface area contributed by atoms with Gasteiger partial charge in [-0.05, 0) is 55.3 Å². The van der Waals surface area contributed by atoms with Crippen molar-refractivity contribution in [3.05, 3.63) is 102 Å². The van der Waals surface area contributed by atoms with Gasteiger partial charge in [-0.2, -0.15) is 14.7 Å². The van der Waals surface area contributed by atoms with E-state index in [-0.39, 0.29) is 9.79 Å². The smallest absolute Gasteiger partial charge is 0.240 e. The molecule has 4 aromatic rings. The van der Waals surface area contributed by atoms with Crippen molar-refractivity contribution in [3.63, 3.8) is 0 Å². The Balaban J connectivity index is 1.64. The first-order chi connectivity index (χ1) is 18.8. The molecule has 1 aliphatic rings. The number of nitrogens with zero attached hydrogens (tertiary/aromatic N) is 4.